The van der Waals surface area contributed by atoms with Crippen LogP contribution in [0, 0.1) is 11.7 Å². The maximum absolute atomic E-state index is 13.1. The van der Waals surface area contributed by atoms with Crippen molar-refractivity contribution in [1.82, 2.24) is 25.3 Å². The molecule has 1 amide bonds. The molecule has 0 aliphatic carbocycles. The Hall–Kier alpha value is -2.32. The highest BCUT2D eigenvalue weighted by Gasteiger charge is 2.26. The van der Waals surface area contributed by atoms with Crippen molar-refractivity contribution in [3.63, 3.8) is 0 Å². The van der Waals surface area contributed by atoms with Crippen LogP contribution in [-0.2, 0) is 11.3 Å². The van der Waals surface area contributed by atoms with E-state index in [-0.39, 0.29) is 17.6 Å². The molecule has 174 valence electrons. The van der Waals surface area contributed by atoms with Crippen LogP contribution < -0.4 is 5.32 Å². The van der Waals surface area contributed by atoms with Gasteiger partial charge >= 0.3 is 0 Å². The van der Waals surface area contributed by atoms with Gasteiger partial charge in [-0.3, -0.25) is 9.69 Å². The van der Waals surface area contributed by atoms with E-state index in [2.05, 4.69) is 25.3 Å². The van der Waals surface area contributed by atoms with Crippen molar-refractivity contribution in [2.75, 3.05) is 39.3 Å². The Morgan fingerprint density at radius 3 is 2.59 bits per heavy atom. The second-order valence-corrected chi connectivity index (χ2v) is 8.99. The van der Waals surface area contributed by atoms with Crippen LogP contribution in [0.4, 0.5) is 4.39 Å². The fraction of sp³-hybridized carbons (Fsp3) is 0.625. The maximum Gasteiger partial charge on any atom is 0.241 e. The van der Waals surface area contributed by atoms with Crippen LogP contribution in [0.5, 0.6) is 0 Å². The van der Waals surface area contributed by atoms with E-state index in [1.54, 1.807) is 12.1 Å². The lowest BCUT2D eigenvalue weighted by molar-refractivity contribution is -0.126. The van der Waals surface area contributed by atoms with E-state index >= 15 is 0 Å². The van der Waals surface area contributed by atoms with E-state index in [1.165, 1.54) is 50.9 Å². The monoisotopic (exact) mass is 443 g/mol. The molecule has 2 aliphatic rings. The number of carbonyl (C=O) groups is 1. The van der Waals surface area contributed by atoms with Crippen molar-refractivity contribution >= 4 is 5.91 Å². The third kappa shape index (κ3) is 6.59. The van der Waals surface area contributed by atoms with Gasteiger partial charge in [0.05, 0.1) is 12.5 Å². The van der Waals surface area contributed by atoms with Gasteiger partial charge in [0, 0.05) is 18.7 Å². The number of amides is 1. The van der Waals surface area contributed by atoms with Crippen LogP contribution in [0.15, 0.2) is 28.8 Å². The number of hydrogen-bond donors (Lipinski definition) is 1. The van der Waals surface area contributed by atoms with Crippen molar-refractivity contribution in [3.05, 3.63) is 36.0 Å². The summed E-state index contributed by atoms with van der Waals surface area (Å²) in [5.41, 5.74) is 0.720. The number of hydrogen-bond acceptors (Lipinski definition) is 6. The standard InChI is InChI=1S/C24H34FN5O2/c25-21-10-8-19(9-11-21)23-27-22(32-28-23)18-30-15-5-7-20(17-30)24(31)26-12-6-16-29-13-3-1-2-4-14-29/h8-11,20H,1-7,12-18H2,(H,26,31). The van der Waals surface area contributed by atoms with Crippen LogP contribution >= 0.6 is 0 Å². The number of aromatic nitrogens is 2. The van der Waals surface area contributed by atoms with Crippen LogP contribution in [-0.4, -0.2) is 65.1 Å². The molecule has 2 fully saturated rings. The summed E-state index contributed by atoms with van der Waals surface area (Å²) in [7, 11) is 0. The lowest BCUT2D eigenvalue weighted by Crippen LogP contribution is -2.43. The Morgan fingerprint density at radius 2 is 1.81 bits per heavy atom. The molecule has 1 N–H and O–H groups in total. The summed E-state index contributed by atoms with van der Waals surface area (Å²) in [5.74, 6) is 0.833. The van der Waals surface area contributed by atoms with Crippen molar-refractivity contribution in [1.29, 1.82) is 0 Å². The predicted octanol–water partition coefficient (Wildman–Crippen LogP) is 3.47. The van der Waals surface area contributed by atoms with Gasteiger partial charge in [0.15, 0.2) is 0 Å². The molecule has 7 nitrogen and oxygen atoms in total. The summed E-state index contributed by atoms with van der Waals surface area (Å²) < 4.78 is 18.5. The molecule has 4 rings (SSSR count). The predicted molar refractivity (Wildman–Crippen MR) is 120 cm³/mol. The zero-order valence-corrected chi connectivity index (χ0v) is 18.8. The maximum atomic E-state index is 13.1. The summed E-state index contributed by atoms with van der Waals surface area (Å²) >= 11 is 0. The number of benzene rings is 1. The number of nitrogens with zero attached hydrogens (tertiary/aromatic N) is 4. The van der Waals surface area contributed by atoms with E-state index in [1.807, 2.05) is 0 Å². The zero-order chi connectivity index (χ0) is 22.2. The molecular weight excluding hydrogens is 409 g/mol. The molecule has 1 aromatic heterocycles. The Morgan fingerprint density at radius 1 is 1.06 bits per heavy atom. The Kier molecular flexibility index (Phi) is 8.23. The summed E-state index contributed by atoms with van der Waals surface area (Å²) in [6.07, 6.45) is 8.21. The molecule has 8 heteroatoms. The van der Waals surface area contributed by atoms with E-state index in [9.17, 15) is 9.18 Å². The first-order valence-corrected chi connectivity index (χ1v) is 12.0. The molecule has 2 aliphatic heterocycles. The highest BCUT2D eigenvalue weighted by atomic mass is 19.1. The molecular formula is C24H34FN5O2. The second kappa shape index (κ2) is 11.5. The van der Waals surface area contributed by atoms with Crippen LogP contribution in [0.2, 0.25) is 0 Å². The highest BCUT2D eigenvalue weighted by Crippen LogP contribution is 2.20. The molecule has 0 bridgehead atoms. The average Bonchev–Trinajstić information content (AvgIpc) is 3.11. The van der Waals surface area contributed by atoms with Gasteiger partial charge in [-0.2, -0.15) is 4.98 Å². The van der Waals surface area contributed by atoms with Gasteiger partial charge in [-0.15, -0.1) is 0 Å². The molecule has 0 spiro atoms. The molecule has 1 atom stereocenters. The smallest absolute Gasteiger partial charge is 0.241 e. The number of piperidine rings is 1. The summed E-state index contributed by atoms with van der Waals surface area (Å²) in [6, 6.07) is 6.04. The van der Waals surface area contributed by atoms with E-state index in [0.29, 0.717) is 24.8 Å². The fourth-order valence-electron chi connectivity index (χ4n) is 4.66. The van der Waals surface area contributed by atoms with E-state index in [4.69, 9.17) is 4.52 Å². The Labute approximate surface area is 189 Å². The van der Waals surface area contributed by atoms with Gasteiger partial charge < -0.3 is 14.7 Å². The second-order valence-electron chi connectivity index (χ2n) is 8.99. The van der Waals surface area contributed by atoms with Gasteiger partial charge in [0.25, 0.3) is 0 Å². The number of halogens is 1. The quantitative estimate of drug-likeness (QED) is 0.630. The molecule has 2 saturated heterocycles. The molecule has 1 unspecified atom stereocenters. The van der Waals surface area contributed by atoms with E-state index in [0.717, 1.165) is 44.5 Å². The molecule has 2 aromatic rings. The van der Waals surface area contributed by atoms with Crippen LogP contribution in [0.3, 0.4) is 0 Å². The molecule has 0 radical (unpaired) electrons. The number of carbonyl (C=O) groups excluding carboxylic acids is 1. The molecule has 0 saturated carbocycles. The lowest BCUT2D eigenvalue weighted by atomic mass is 9.97. The minimum atomic E-state index is -0.294. The third-order valence-electron chi connectivity index (χ3n) is 6.45. The zero-order valence-electron chi connectivity index (χ0n) is 18.8. The summed E-state index contributed by atoms with van der Waals surface area (Å²) in [5, 5.41) is 7.16. The van der Waals surface area contributed by atoms with Crippen molar-refractivity contribution in [2.24, 2.45) is 5.92 Å². The SMILES string of the molecule is O=C(NCCCN1CCCCCC1)C1CCCN(Cc2nc(-c3ccc(F)cc3)no2)C1. The van der Waals surface area contributed by atoms with Crippen molar-refractivity contribution < 1.29 is 13.7 Å². The topological polar surface area (TPSA) is 74.5 Å². The number of rotatable bonds is 8. The van der Waals surface area contributed by atoms with Crippen LogP contribution in [0.1, 0.15) is 50.8 Å². The minimum absolute atomic E-state index is 0.00132. The van der Waals surface area contributed by atoms with Gasteiger partial charge in [-0.25, -0.2) is 4.39 Å². The lowest BCUT2D eigenvalue weighted by Gasteiger charge is -2.31. The van der Waals surface area contributed by atoms with Crippen molar-refractivity contribution in [3.8, 4) is 11.4 Å². The number of likely N-dealkylation sites (tertiary alicyclic amines) is 2. The van der Waals surface area contributed by atoms with Gasteiger partial charge in [0.1, 0.15) is 5.82 Å². The Balaban J connectivity index is 1.20. The first-order chi connectivity index (χ1) is 15.7. The highest BCUT2D eigenvalue weighted by molar-refractivity contribution is 5.78. The van der Waals surface area contributed by atoms with Crippen molar-refractivity contribution in [2.45, 2.75) is 51.5 Å². The number of nitrogens with one attached hydrogen (secondary N) is 1. The third-order valence-corrected chi connectivity index (χ3v) is 6.45. The first-order valence-electron chi connectivity index (χ1n) is 12.0. The normalized spacial score (nSPS) is 20.7. The van der Waals surface area contributed by atoms with Gasteiger partial charge in [-0.1, -0.05) is 18.0 Å². The van der Waals surface area contributed by atoms with E-state index < -0.39 is 0 Å². The summed E-state index contributed by atoms with van der Waals surface area (Å²) in [4.78, 5) is 21.9. The largest absolute Gasteiger partial charge is 0.356 e. The fourth-order valence-corrected chi connectivity index (χ4v) is 4.66. The molecule has 3 heterocycles. The molecule has 32 heavy (non-hydrogen) atoms. The Bertz CT molecular complexity index is 848. The van der Waals surface area contributed by atoms with Gasteiger partial charge in [-0.05, 0) is 82.5 Å². The first kappa shape index (κ1) is 22.9. The molecule has 1 aromatic carbocycles. The summed E-state index contributed by atoms with van der Waals surface area (Å²) in [6.45, 7) is 6.35. The van der Waals surface area contributed by atoms with Crippen LogP contribution in [0.25, 0.3) is 11.4 Å². The minimum Gasteiger partial charge on any atom is -0.356 e. The average molecular weight is 444 g/mol. The van der Waals surface area contributed by atoms with Gasteiger partial charge in [0.2, 0.25) is 17.6 Å².